The molecule has 116 valence electrons. The van der Waals surface area contributed by atoms with Gasteiger partial charge >= 0.3 is 0 Å². The van der Waals surface area contributed by atoms with Crippen LogP contribution in [-0.2, 0) is 4.79 Å². The summed E-state index contributed by atoms with van der Waals surface area (Å²) in [6.07, 6.45) is 1.17. The molecule has 0 saturated carbocycles. The van der Waals surface area contributed by atoms with Gasteiger partial charge in [-0.1, -0.05) is 23.7 Å². The highest BCUT2D eigenvalue weighted by molar-refractivity contribution is 7.99. The first kappa shape index (κ1) is 16.7. The van der Waals surface area contributed by atoms with Gasteiger partial charge in [-0.2, -0.15) is 11.8 Å². The minimum atomic E-state index is 0.104. The lowest BCUT2D eigenvalue weighted by molar-refractivity contribution is -0.118. The van der Waals surface area contributed by atoms with Crippen molar-refractivity contribution in [1.82, 2.24) is 10.2 Å². The third-order valence-electron chi connectivity index (χ3n) is 4.08. The monoisotopic (exact) mass is 326 g/mol. The molecule has 0 radical (unpaired) electrons. The zero-order chi connectivity index (χ0) is 15.2. The van der Waals surface area contributed by atoms with E-state index in [-0.39, 0.29) is 5.91 Å². The number of nitrogens with one attached hydrogen (secondary N) is 1. The first-order valence-electron chi connectivity index (χ1n) is 7.32. The van der Waals surface area contributed by atoms with Crippen LogP contribution >= 0.6 is 23.4 Å². The highest BCUT2D eigenvalue weighted by atomic mass is 35.5. The Labute approximate surface area is 136 Å². The molecule has 1 N–H and O–H groups in total. The SMILES string of the molecule is CNC(=O)CSC[C@H]1CN(C)CC[C@@H]1c1ccc(Cl)cc1. The average molecular weight is 327 g/mol. The van der Waals surface area contributed by atoms with Crippen LogP contribution in [0.4, 0.5) is 0 Å². The summed E-state index contributed by atoms with van der Waals surface area (Å²) in [4.78, 5) is 13.7. The van der Waals surface area contributed by atoms with E-state index in [1.54, 1.807) is 18.8 Å². The molecule has 0 aromatic heterocycles. The fourth-order valence-electron chi connectivity index (χ4n) is 2.91. The van der Waals surface area contributed by atoms with Crippen LogP contribution in [0.15, 0.2) is 24.3 Å². The first-order valence-corrected chi connectivity index (χ1v) is 8.85. The van der Waals surface area contributed by atoms with Gasteiger partial charge in [-0.3, -0.25) is 4.79 Å². The Hall–Kier alpha value is -0.710. The molecule has 0 bridgehead atoms. The Morgan fingerprint density at radius 1 is 1.43 bits per heavy atom. The number of rotatable bonds is 5. The van der Waals surface area contributed by atoms with Gasteiger partial charge in [0.1, 0.15) is 0 Å². The summed E-state index contributed by atoms with van der Waals surface area (Å²) in [5.41, 5.74) is 1.37. The molecule has 1 aromatic rings. The van der Waals surface area contributed by atoms with Crippen LogP contribution in [0.5, 0.6) is 0 Å². The largest absolute Gasteiger partial charge is 0.358 e. The van der Waals surface area contributed by atoms with Gasteiger partial charge in [-0.05, 0) is 55.3 Å². The summed E-state index contributed by atoms with van der Waals surface area (Å²) in [6, 6.07) is 8.25. The quantitative estimate of drug-likeness (QED) is 0.903. The number of likely N-dealkylation sites (tertiary alicyclic amines) is 1. The molecule has 2 rings (SSSR count). The number of nitrogens with zero attached hydrogens (tertiary/aromatic N) is 1. The van der Waals surface area contributed by atoms with Gasteiger partial charge in [0.25, 0.3) is 0 Å². The number of benzene rings is 1. The molecule has 0 aliphatic carbocycles. The second-order valence-corrected chi connectivity index (χ2v) is 7.12. The Bertz CT molecular complexity index is 466. The molecular weight excluding hydrogens is 304 g/mol. The number of carbonyl (C=O) groups is 1. The van der Waals surface area contributed by atoms with Crippen LogP contribution in [0.3, 0.4) is 0 Å². The summed E-state index contributed by atoms with van der Waals surface area (Å²) in [7, 11) is 3.86. The molecule has 5 heteroatoms. The third-order valence-corrected chi connectivity index (χ3v) is 5.46. The van der Waals surface area contributed by atoms with E-state index >= 15 is 0 Å². The summed E-state index contributed by atoms with van der Waals surface area (Å²) in [5.74, 6) is 2.82. The summed E-state index contributed by atoms with van der Waals surface area (Å²) < 4.78 is 0. The molecule has 0 unspecified atom stereocenters. The zero-order valence-corrected chi connectivity index (χ0v) is 14.2. The van der Waals surface area contributed by atoms with E-state index in [2.05, 4.69) is 29.4 Å². The molecule has 1 heterocycles. The van der Waals surface area contributed by atoms with E-state index < -0.39 is 0 Å². The predicted octanol–water partition coefficient (Wildman–Crippen LogP) is 2.85. The lowest BCUT2D eigenvalue weighted by Crippen LogP contribution is -2.38. The molecule has 2 atom stereocenters. The summed E-state index contributed by atoms with van der Waals surface area (Å²) >= 11 is 7.72. The Kier molecular flexibility index (Phi) is 6.40. The van der Waals surface area contributed by atoms with E-state index in [0.717, 1.165) is 23.9 Å². The number of piperidine rings is 1. The maximum atomic E-state index is 11.3. The topological polar surface area (TPSA) is 32.3 Å². The van der Waals surface area contributed by atoms with Crippen molar-refractivity contribution in [1.29, 1.82) is 0 Å². The highest BCUT2D eigenvalue weighted by Gasteiger charge is 2.28. The molecule has 1 aromatic carbocycles. The number of thioether (sulfide) groups is 1. The lowest BCUT2D eigenvalue weighted by Gasteiger charge is -2.37. The van der Waals surface area contributed by atoms with Crippen LogP contribution < -0.4 is 5.32 Å². The Balaban J connectivity index is 1.99. The molecule has 1 amide bonds. The predicted molar refractivity (Wildman–Crippen MR) is 91.2 cm³/mol. The van der Waals surface area contributed by atoms with Crippen molar-refractivity contribution < 1.29 is 4.79 Å². The number of carbonyl (C=O) groups excluding carboxylic acids is 1. The smallest absolute Gasteiger partial charge is 0.229 e. The fourth-order valence-corrected chi connectivity index (χ4v) is 4.12. The number of halogens is 1. The molecule has 3 nitrogen and oxygen atoms in total. The number of hydrogen-bond acceptors (Lipinski definition) is 3. The van der Waals surface area contributed by atoms with Crippen molar-refractivity contribution in [3.63, 3.8) is 0 Å². The normalized spacial score (nSPS) is 23.0. The minimum Gasteiger partial charge on any atom is -0.358 e. The van der Waals surface area contributed by atoms with Crippen LogP contribution in [-0.4, -0.2) is 49.5 Å². The van der Waals surface area contributed by atoms with Gasteiger partial charge in [-0.25, -0.2) is 0 Å². The van der Waals surface area contributed by atoms with Crippen LogP contribution in [0, 0.1) is 5.92 Å². The van der Waals surface area contributed by atoms with E-state index in [0.29, 0.717) is 17.6 Å². The molecule has 1 saturated heterocycles. The van der Waals surface area contributed by atoms with Gasteiger partial charge in [0.15, 0.2) is 0 Å². The van der Waals surface area contributed by atoms with E-state index in [4.69, 9.17) is 11.6 Å². The Morgan fingerprint density at radius 2 is 2.14 bits per heavy atom. The fraction of sp³-hybridized carbons (Fsp3) is 0.562. The van der Waals surface area contributed by atoms with Gasteiger partial charge in [-0.15, -0.1) is 0 Å². The number of amides is 1. The lowest BCUT2D eigenvalue weighted by atomic mass is 9.81. The van der Waals surface area contributed by atoms with E-state index in [1.165, 1.54) is 12.0 Å². The van der Waals surface area contributed by atoms with Gasteiger partial charge in [0.05, 0.1) is 5.75 Å². The van der Waals surface area contributed by atoms with Crippen LogP contribution in [0.1, 0.15) is 17.9 Å². The van der Waals surface area contributed by atoms with Crippen molar-refractivity contribution in [3.05, 3.63) is 34.9 Å². The summed E-state index contributed by atoms with van der Waals surface area (Å²) in [6.45, 7) is 2.22. The maximum Gasteiger partial charge on any atom is 0.229 e. The average Bonchev–Trinajstić information content (AvgIpc) is 2.48. The van der Waals surface area contributed by atoms with Gasteiger partial charge < -0.3 is 10.2 Å². The highest BCUT2D eigenvalue weighted by Crippen LogP contribution is 2.35. The van der Waals surface area contributed by atoms with Crippen LogP contribution in [0.25, 0.3) is 0 Å². The van der Waals surface area contributed by atoms with E-state index in [9.17, 15) is 4.79 Å². The molecule has 1 fully saturated rings. The van der Waals surface area contributed by atoms with Crippen molar-refractivity contribution in [2.45, 2.75) is 12.3 Å². The molecule has 1 aliphatic heterocycles. The van der Waals surface area contributed by atoms with Crippen molar-refractivity contribution in [2.75, 3.05) is 38.7 Å². The summed E-state index contributed by atoms with van der Waals surface area (Å²) in [5, 5.41) is 3.46. The third kappa shape index (κ3) is 4.90. The van der Waals surface area contributed by atoms with Gasteiger partial charge in [0.2, 0.25) is 5.91 Å². The zero-order valence-electron chi connectivity index (χ0n) is 12.6. The van der Waals surface area contributed by atoms with Crippen molar-refractivity contribution in [2.24, 2.45) is 5.92 Å². The van der Waals surface area contributed by atoms with E-state index in [1.807, 2.05) is 12.1 Å². The second kappa shape index (κ2) is 8.06. The number of hydrogen-bond donors (Lipinski definition) is 1. The molecule has 21 heavy (non-hydrogen) atoms. The first-order chi connectivity index (χ1) is 10.1. The molecule has 0 spiro atoms. The second-order valence-electron chi connectivity index (χ2n) is 5.66. The maximum absolute atomic E-state index is 11.3. The Morgan fingerprint density at radius 3 is 2.81 bits per heavy atom. The molecular formula is C16H23ClN2OS. The van der Waals surface area contributed by atoms with Gasteiger partial charge in [0, 0.05) is 18.6 Å². The molecule has 1 aliphatic rings. The van der Waals surface area contributed by atoms with Crippen molar-refractivity contribution >= 4 is 29.3 Å². The van der Waals surface area contributed by atoms with Crippen LogP contribution in [0.2, 0.25) is 5.02 Å². The van der Waals surface area contributed by atoms with Crippen molar-refractivity contribution in [3.8, 4) is 0 Å². The minimum absolute atomic E-state index is 0.104. The standard InChI is InChI=1S/C16H23ClN2OS/c1-18-16(20)11-21-10-13-9-19(2)8-7-15(13)12-3-5-14(17)6-4-12/h3-6,13,15H,7-11H2,1-2H3,(H,18,20)/t13-,15-/m1/s1.